The van der Waals surface area contributed by atoms with Crippen LogP contribution in [0.5, 0.6) is 11.5 Å². The van der Waals surface area contributed by atoms with Crippen molar-refractivity contribution in [2.45, 2.75) is 75.7 Å². The van der Waals surface area contributed by atoms with E-state index in [0.29, 0.717) is 51.9 Å². The van der Waals surface area contributed by atoms with Gasteiger partial charge in [-0.05, 0) is 79.8 Å². The third-order valence-electron chi connectivity index (χ3n) is 7.83. The average Bonchev–Trinajstić information content (AvgIpc) is 3.67. The van der Waals surface area contributed by atoms with Gasteiger partial charge >= 0.3 is 24.5 Å². The van der Waals surface area contributed by atoms with E-state index in [-0.39, 0.29) is 28.4 Å². The van der Waals surface area contributed by atoms with Gasteiger partial charge in [-0.1, -0.05) is 11.6 Å². The number of carbonyl (C=O) groups excluding carboxylic acids is 1. The van der Waals surface area contributed by atoms with E-state index >= 15 is 4.39 Å². The summed E-state index contributed by atoms with van der Waals surface area (Å²) in [5.41, 5.74) is 1.64. The molecule has 2 aromatic carbocycles. The first kappa shape index (κ1) is 36.1. The number of carboxylic acids is 2. The van der Waals surface area contributed by atoms with Crippen LogP contribution in [-0.2, 0) is 16.1 Å². The molecular weight excluding hydrogens is 669 g/mol. The van der Waals surface area contributed by atoms with Crippen molar-refractivity contribution in [3.05, 3.63) is 57.9 Å². The third-order valence-corrected chi connectivity index (χ3v) is 8.05. The highest BCUT2D eigenvalue weighted by molar-refractivity contribution is 6.30. The van der Waals surface area contributed by atoms with Crippen molar-refractivity contribution in [3.63, 3.8) is 0 Å². The number of amides is 1. The number of piperidine rings is 1. The summed E-state index contributed by atoms with van der Waals surface area (Å²) in [7, 11) is 0. The SMILES string of the molecule is O=C(O)C(F)(F)F.O=C(O)[C@@H]1CCCN1C(=O)c1cc(C2CC2)c(CN2CCC(Oc3cc(Cl)cc(OC(F)(F)F)c3)CC2)cc1F. The summed E-state index contributed by atoms with van der Waals surface area (Å²) in [5.74, 6) is -5.10. The highest BCUT2D eigenvalue weighted by Gasteiger charge is 2.39. The Hall–Kier alpha value is -3.79. The van der Waals surface area contributed by atoms with E-state index in [0.717, 1.165) is 36.1 Å². The summed E-state index contributed by atoms with van der Waals surface area (Å²) in [6.07, 6.45) is -6.14. The van der Waals surface area contributed by atoms with Gasteiger partial charge in [0.2, 0.25) is 0 Å². The van der Waals surface area contributed by atoms with E-state index in [1.54, 1.807) is 6.07 Å². The summed E-state index contributed by atoms with van der Waals surface area (Å²) in [4.78, 5) is 36.9. The molecule has 2 heterocycles. The molecule has 2 aliphatic heterocycles. The first-order valence-electron chi connectivity index (χ1n) is 14.5. The molecule has 1 amide bonds. The smallest absolute Gasteiger partial charge is 0.490 e. The van der Waals surface area contributed by atoms with Gasteiger partial charge in [-0.2, -0.15) is 13.2 Å². The van der Waals surface area contributed by atoms with Crippen molar-refractivity contribution in [1.29, 1.82) is 0 Å². The minimum Gasteiger partial charge on any atom is -0.490 e. The van der Waals surface area contributed by atoms with E-state index in [1.807, 2.05) is 0 Å². The normalized spacial score (nSPS) is 19.1. The van der Waals surface area contributed by atoms with Crippen LogP contribution in [0.1, 0.15) is 65.9 Å². The van der Waals surface area contributed by atoms with Crippen molar-refractivity contribution >= 4 is 29.4 Å². The Balaban J connectivity index is 0.000000644. The molecule has 2 aromatic rings. The van der Waals surface area contributed by atoms with Crippen LogP contribution >= 0.6 is 11.6 Å². The highest BCUT2D eigenvalue weighted by Crippen LogP contribution is 2.43. The fourth-order valence-corrected chi connectivity index (χ4v) is 5.76. The summed E-state index contributed by atoms with van der Waals surface area (Å²) in [6, 6.07) is 5.73. The Morgan fingerprint density at radius 3 is 2.04 bits per heavy atom. The summed E-state index contributed by atoms with van der Waals surface area (Å²) < 4.78 is 94.6. The highest BCUT2D eigenvalue weighted by atomic mass is 35.5. The number of rotatable bonds is 8. The molecule has 9 nitrogen and oxygen atoms in total. The second kappa shape index (κ2) is 14.5. The third kappa shape index (κ3) is 10.1. The van der Waals surface area contributed by atoms with Gasteiger partial charge in [-0.3, -0.25) is 9.69 Å². The first-order valence-corrected chi connectivity index (χ1v) is 14.9. The van der Waals surface area contributed by atoms with Crippen molar-refractivity contribution in [2.75, 3.05) is 19.6 Å². The van der Waals surface area contributed by atoms with Gasteiger partial charge in [-0.25, -0.2) is 14.0 Å². The maximum atomic E-state index is 15.2. The van der Waals surface area contributed by atoms with Gasteiger partial charge < -0.3 is 24.6 Å². The number of nitrogens with zero attached hydrogens (tertiary/aromatic N) is 2. The predicted molar refractivity (Wildman–Crippen MR) is 151 cm³/mol. The van der Waals surface area contributed by atoms with Gasteiger partial charge in [0.25, 0.3) is 5.91 Å². The molecule has 0 radical (unpaired) electrons. The van der Waals surface area contributed by atoms with E-state index in [2.05, 4.69) is 9.64 Å². The zero-order valence-corrected chi connectivity index (χ0v) is 25.3. The van der Waals surface area contributed by atoms with Crippen LogP contribution in [0.15, 0.2) is 30.3 Å². The Kier molecular flexibility index (Phi) is 11.2. The molecule has 2 N–H and O–H groups in total. The lowest BCUT2D eigenvalue weighted by Crippen LogP contribution is -2.41. The van der Waals surface area contributed by atoms with Crippen LogP contribution in [-0.4, -0.2) is 82.2 Å². The first-order chi connectivity index (χ1) is 21.9. The second-order valence-electron chi connectivity index (χ2n) is 11.4. The number of carbonyl (C=O) groups is 3. The molecule has 3 aliphatic rings. The maximum Gasteiger partial charge on any atom is 0.573 e. The molecule has 3 fully saturated rings. The monoisotopic (exact) mass is 698 g/mol. The molecule has 0 spiro atoms. The number of likely N-dealkylation sites (tertiary alicyclic amines) is 2. The molecule has 2 saturated heterocycles. The minimum absolute atomic E-state index is 0.0639. The molecule has 5 rings (SSSR count). The summed E-state index contributed by atoms with van der Waals surface area (Å²) in [6.45, 7) is 2.01. The fraction of sp³-hybridized carbons (Fsp3) is 0.500. The number of benzene rings is 2. The number of ether oxygens (including phenoxy) is 2. The van der Waals surface area contributed by atoms with Gasteiger partial charge in [0.15, 0.2) is 0 Å². The Labute approximate surface area is 268 Å². The summed E-state index contributed by atoms with van der Waals surface area (Å²) in [5, 5.41) is 16.6. The standard InChI is InChI=1S/C28H29ClF4N2O5.C2HF3O2/c29-18-11-20(13-21(12-18)40-28(31,32)33)39-19-5-8-34(9-6-19)15-17-10-24(30)23(14-22(17)16-3-4-16)26(36)35-7-1-2-25(35)27(37)38;3-2(4,5)1(6)7/h10-14,16,19,25H,1-9,15H2,(H,37,38);(H,6,7)/t25-;/m0./s1. The Bertz CT molecular complexity index is 1480. The number of alkyl halides is 6. The lowest BCUT2D eigenvalue weighted by molar-refractivity contribution is -0.274. The van der Waals surface area contributed by atoms with E-state index in [9.17, 15) is 41.0 Å². The van der Waals surface area contributed by atoms with Gasteiger partial charge in [0.1, 0.15) is 29.5 Å². The van der Waals surface area contributed by atoms with Crippen LogP contribution in [0, 0.1) is 5.82 Å². The van der Waals surface area contributed by atoms with Crippen LogP contribution in [0.4, 0.5) is 30.7 Å². The zero-order valence-electron chi connectivity index (χ0n) is 24.5. The minimum atomic E-state index is -5.08. The quantitative estimate of drug-likeness (QED) is 0.296. The van der Waals surface area contributed by atoms with Crippen molar-refractivity contribution < 1.29 is 64.8 Å². The molecule has 1 saturated carbocycles. The average molecular weight is 699 g/mol. The van der Waals surface area contributed by atoms with E-state index < -0.39 is 48.0 Å². The van der Waals surface area contributed by atoms with Crippen LogP contribution in [0.25, 0.3) is 0 Å². The zero-order chi connectivity index (χ0) is 34.7. The number of carboxylic acid groups (broad SMARTS) is 2. The van der Waals surface area contributed by atoms with Crippen LogP contribution < -0.4 is 9.47 Å². The van der Waals surface area contributed by atoms with Crippen LogP contribution in [0.2, 0.25) is 5.02 Å². The Morgan fingerprint density at radius 1 is 0.872 bits per heavy atom. The van der Waals surface area contributed by atoms with Crippen molar-refractivity contribution in [3.8, 4) is 11.5 Å². The predicted octanol–water partition coefficient (Wildman–Crippen LogP) is 6.62. The fourth-order valence-electron chi connectivity index (χ4n) is 5.54. The lowest BCUT2D eigenvalue weighted by atomic mass is 9.97. The number of hydrogen-bond acceptors (Lipinski definition) is 6. The topological polar surface area (TPSA) is 117 Å². The molecule has 1 aliphatic carbocycles. The second-order valence-corrected chi connectivity index (χ2v) is 11.8. The molecule has 0 unspecified atom stereocenters. The summed E-state index contributed by atoms with van der Waals surface area (Å²) >= 11 is 5.94. The lowest BCUT2D eigenvalue weighted by Gasteiger charge is -2.33. The Morgan fingerprint density at radius 2 is 1.49 bits per heavy atom. The van der Waals surface area contributed by atoms with E-state index in [4.69, 9.17) is 26.2 Å². The van der Waals surface area contributed by atoms with Crippen LogP contribution in [0.3, 0.4) is 0 Å². The molecule has 17 heteroatoms. The molecule has 0 aromatic heterocycles. The van der Waals surface area contributed by atoms with Crippen molar-refractivity contribution in [2.24, 2.45) is 0 Å². The molecular formula is C30H30ClF7N2O7. The van der Waals surface area contributed by atoms with Crippen molar-refractivity contribution in [1.82, 2.24) is 9.80 Å². The number of aliphatic carboxylic acids is 2. The molecule has 0 bridgehead atoms. The van der Waals surface area contributed by atoms with Gasteiger partial charge in [-0.15, -0.1) is 13.2 Å². The largest absolute Gasteiger partial charge is 0.573 e. The molecule has 1 atom stereocenters. The number of hydrogen-bond donors (Lipinski definition) is 2. The number of halogens is 8. The van der Waals surface area contributed by atoms with Gasteiger partial charge in [0.05, 0.1) is 5.56 Å². The molecule has 258 valence electrons. The van der Waals surface area contributed by atoms with E-state index in [1.165, 1.54) is 17.0 Å². The molecule has 47 heavy (non-hydrogen) atoms. The van der Waals surface area contributed by atoms with Gasteiger partial charge in [0, 0.05) is 37.3 Å². The maximum absolute atomic E-state index is 15.2.